The zero-order chi connectivity index (χ0) is 14.8. The lowest BCUT2D eigenvalue weighted by molar-refractivity contribution is 0.316. The maximum Gasteiger partial charge on any atom is 0.105 e. The summed E-state index contributed by atoms with van der Waals surface area (Å²) in [6.45, 7) is 7.22. The number of aryl methyl sites for hydroxylation is 2. The first-order valence-electron chi connectivity index (χ1n) is 7.65. The minimum Gasteiger partial charge on any atom is -0.469 e. The van der Waals surface area contributed by atoms with Gasteiger partial charge in [-0.1, -0.05) is 0 Å². The van der Waals surface area contributed by atoms with Crippen molar-refractivity contribution in [1.82, 2.24) is 10.2 Å². The number of hydrogen-bond donors (Lipinski definition) is 1. The Morgan fingerprint density at radius 2 is 2.05 bits per heavy atom. The van der Waals surface area contributed by atoms with Crippen molar-refractivity contribution in [2.24, 2.45) is 0 Å². The van der Waals surface area contributed by atoms with Crippen LogP contribution in [0, 0.1) is 13.8 Å². The van der Waals surface area contributed by atoms with Gasteiger partial charge < -0.3 is 9.73 Å². The van der Waals surface area contributed by atoms with Crippen LogP contribution in [0.1, 0.15) is 39.5 Å². The predicted octanol–water partition coefficient (Wildman–Crippen LogP) is 3.84. The quantitative estimate of drug-likeness (QED) is 0.842. The lowest BCUT2D eigenvalue weighted by Crippen LogP contribution is -2.17. The normalized spacial score (nSPS) is 15.0. The summed E-state index contributed by atoms with van der Waals surface area (Å²) < 4.78 is 5.37. The van der Waals surface area contributed by atoms with Gasteiger partial charge in [0.25, 0.3) is 0 Å². The van der Waals surface area contributed by atoms with E-state index < -0.39 is 0 Å². The van der Waals surface area contributed by atoms with Gasteiger partial charge in [0.15, 0.2) is 0 Å². The van der Waals surface area contributed by atoms with E-state index in [1.807, 2.05) is 18.3 Å². The molecule has 0 amide bonds. The molecule has 3 rings (SSSR count). The lowest BCUT2D eigenvalue weighted by atomic mass is 10.2. The molecule has 114 valence electrons. The highest BCUT2D eigenvalue weighted by atomic mass is 32.1. The highest BCUT2D eigenvalue weighted by Gasteiger charge is 2.20. The smallest absolute Gasteiger partial charge is 0.105 e. The maximum atomic E-state index is 5.37. The van der Waals surface area contributed by atoms with Gasteiger partial charge in [0.05, 0.1) is 6.26 Å². The van der Waals surface area contributed by atoms with Crippen molar-refractivity contribution in [3.05, 3.63) is 45.0 Å². The maximum absolute atomic E-state index is 5.37. The van der Waals surface area contributed by atoms with E-state index in [1.54, 1.807) is 6.26 Å². The Bertz CT molecular complexity index is 598. The van der Waals surface area contributed by atoms with Crippen molar-refractivity contribution in [3.63, 3.8) is 0 Å². The van der Waals surface area contributed by atoms with Gasteiger partial charge in [0.2, 0.25) is 0 Å². The summed E-state index contributed by atoms with van der Waals surface area (Å²) in [7, 11) is 2.17. The molecule has 2 aromatic heterocycles. The van der Waals surface area contributed by atoms with Crippen LogP contribution in [0.5, 0.6) is 0 Å². The molecule has 0 atom stereocenters. The molecule has 0 unspecified atom stereocenters. The molecule has 1 aliphatic carbocycles. The van der Waals surface area contributed by atoms with E-state index in [9.17, 15) is 0 Å². The summed E-state index contributed by atoms with van der Waals surface area (Å²) in [4.78, 5) is 5.26. The van der Waals surface area contributed by atoms with E-state index in [0.717, 1.165) is 31.4 Å². The van der Waals surface area contributed by atoms with Crippen LogP contribution in [0.2, 0.25) is 0 Å². The van der Waals surface area contributed by atoms with Gasteiger partial charge in [0.1, 0.15) is 5.76 Å². The third kappa shape index (κ3) is 3.96. The Kier molecular flexibility index (Phi) is 4.48. The summed E-state index contributed by atoms with van der Waals surface area (Å²) in [6.07, 6.45) is 4.48. The Morgan fingerprint density at radius 1 is 1.29 bits per heavy atom. The fourth-order valence-corrected chi connectivity index (χ4v) is 3.58. The Hall–Kier alpha value is -1.10. The van der Waals surface area contributed by atoms with Crippen LogP contribution >= 0.6 is 11.3 Å². The molecule has 1 N–H and O–H groups in total. The second-order valence-corrected chi connectivity index (χ2v) is 7.46. The number of hydrogen-bond acceptors (Lipinski definition) is 4. The number of nitrogens with one attached hydrogen (secondary N) is 1. The summed E-state index contributed by atoms with van der Waals surface area (Å²) >= 11 is 1.93. The molecule has 0 radical (unpaired) electrons. The van der Waals surface area contributed by atoms with Gasteiger partial charge in [-0.05, 0) is 51.4 Å². The van der Waals surface area contributed by atoms with E-state index >= 15 is 0 Å². The molecule has 3 nitrogen and oxygen atoms in total. The van der Waals surface area contributed by atoms with Crippen molar-refractivity contribution < 1.29 is 4.42 Å². The van der Waals surface area contributed by atoms with Crippen LogP contribution in [-0.4, -0.2) is 18.0 Å². The van der Waals surface area contributed by atoms with Crippen LogP contribution in [0.25, 0.3) is 0 Å². The van der Waals surface area contributed by atoms with E-state index in [-0.39, 0.29) is 0 Å². The molecule has 2 aromatic rings. The number of thiophene rings is 1. The van der Waals surface area contributed by atoms with Crippen molar-refractivity contribution in [3.8, 4) is 0 Å². The van der Waals surface area contributed by atoms with Crippen LogP contribution < -0.4 is 5.32 Å². The highest BCUT2D eigenvalue weighted by Crippen LogP contribution is 2.25. The van der Waals surface area contributed by atoms with Gasteiger partial charge in [-0.15, -0.1) is 11.3 Å². The van der Waals surface area contributed by atoms with Crippen LogP contribution in [0.15, 0.2) is 22.8 Å². The molecule has 4 heteroatoms. The van der Waals surface area contributed by atoms with Crippen LogP contribution in [0.3, 0.4) is 0 Å². The topological polar surface area (TPSA) is 28.4 Å². The van der Waals surface area contributed by atoms with Crippen molar-refractivity contribution in [2.75, 3.05) is 7.05 Å². The molecule has 0 bridgehead atoms. The predicted molar refractivity (Wildman–Crippen MR) is 87.5 cm³/mol. The largest absolute Gasteiger partial charge is 0.469 e. The van der Waals surface area contributed by atoms with Crippen LogP contribution in [-0.2, 0) is 19.6 Å². The van der Waals surface area contributed by atoms with E-state index in [1.165, 1.54) is 33.7 Å². The third-order valence-electron chi connectivity index (χ3n) is 4.06. The van der Waals surface area contributed by atoms with Gasteiger partial charge >= 0.3 is 0 Å². The molecule has 21 heavy (non-hydrogen) atoms. The van der Waals surface area contributed by atoms with E-state index in [4.69, 9.17) is 4.42 Å². The summed E-state index contributed by atoms with van der Waals surface area (Å²) in [5, 5.41) is 3.59. The second-order valence-electron chi connectivity index (χ2n) is 6.12. The standard InChI is InChI=1S/C17H24N2OS/c1-12-14(6-7-20-12)10-19(3)11-15-8-17(21-13(15)2)9-18-16-4-5-16/h6-8,16,18H,4-5,9-11H2,1-3H3. The number of furan rings is 1. The monoisotopic (exact) mass is 304 g/mol. The molecule has 1 saturated carbocycles. The van der Waals surface area contributed by atoms with E-state index in [0.29, 0.717) is 0 Å². The first-order chi connectivity index (χ1) is 10.1. The summed E-state index contributed by atoms with van der Waals surface area (Å²) in [5.41, 5.74) is 2.73. The molecule has 2 heterocycles. The molecule has 0 aliphatic heterocycles. The zero-order valence-corrected chi connectivity index (χ0v) is 13.9. The average molecular weight is 304 g/mol. The third-order valence-corrected chi connectivity index (χ3v) is 5.15. The Morgan fingerprint density at radius 3 is 2.71 bits per heavy atom. The van der Waals surface area contributed by atoms with Gasteiger partial charge in [-0.3, -0.25) is 4.90 Å². The Balaban J connectivity index is 1.57. The number of rotatable bonds is 7. The molecular formula is C17H24N2OS. The molecular weight excluding hydrogens is 280 g/mol. The molecule has 1 aliphatic rings. The molecule has 0 saturated heterocycles. The average Bonchev–Trinajstić information content (AvgIpc) is 3.10. The number of nitrogens with zero attached hydrogens (tertiary/aromatic N) is 1. The minimum atomic E-state index is 0.780. The Labute approximate surface area is 131 Å². The van der Waals surface area contributed by atoms with Gasteiger partial charge in [0, 0.05) is 41.0 Å². The lowest BCUT2D eigenvalue weighted by Gasteiger charge is -2.16. The fraction of sp³-hybridized carbons (Fsp3) is 0.529. The summed E-state index contributed by atoms with van der Waals surface area (Å²) in [6, 6.07) is 5.22. The highest BCUT2D eigenvalue weighted by molar-refractivity contribution is 7.12. The van der Waals surface area contributed by atoms with Gasteiger partial charge in [-0.25, -0.2) is 0 Å². The zero-order valence-electron chi connectivity index (χ0n) is 13.1. The first kappa shape index (κ1) is 14.8. The molecule has 1 fully saturated rings. The van der Waals surface area contributed by atoms with Crippen molar-refractivity contribution in [2.45, 2.75) is 52.4 Å². The van der Waals surface area contributed by atoms with Gasteiger partial charge in [-0.2, -0.15) is 0 Å². The summed E-state index contributed by atoms with van der Waals surface area (Å²) in [5.74, 6) is 1.03. The van der Waals surface area contributed by atoms with Crippen LogP contribution in [0.4, 0.5) is 0 Å². The SMILES string of the molecule is Cc1occc1CN(C)Cc1cc(CNC2CC2)sc1C. The first-order valence-corrected chi connectivity index (χ1v) is 8.46. The second kappa shape index (κ2) is 6.34. The fourth-order valence-electron chi connectivity index (χ4n) is 2.58. The minimum absolute atomic E-state index is 0.780. The van der Waals surface area contributed by atoms with Crippen molar-refractivity contribution >= 4 is 11.3 Å². The van der Waals surface area contributed by atoms with E-state index in [2.05, 4.69) is 36.3 Å². The van der Waals surface area contributed by atoms with Crippen molar-refractivity contribution in [1.29, 1.82) is 0 Å². The molecule has 0 aromatic carbocycles. The molecule has 0 spiro atoms.